The summed E-state index contributed by atoms with van der Waals surface area (Å²) in [5, 5.41) is 0.530. The lowest BCUT2D eigenvalue weighted by Gasteiger charge is -2.24. The highest BCUT2D eigenvalue weighted by atomic mass is 35.5. The third-order valence-electron chi connectivity index (χ3n) is 3.20. The van der Waals surface area contributed by atoms with E-state index in [9.17, 15) is 8.42 Å². The van der Waals surface area contributed by atoms with Crippen LogP contribution in [-0.4, -0.2) is 24.0 Å². The molecule has 1 aliphatic rings. The van der Waals surface area contributed by atoms with Gasteiger partial charge in [0, 0.05) is 12.6 Å². The summed E-state index contributed by atoms with van der Waals surface area (Å²) in [5.41, 5.74) is 0.866. The molecule has 0 spiro atoms. The van der Waals surface area contributed by atoms with Crippen molar-refractivity contribution in [3.05, 3.63) is 33.8 Å². The maximum atomic E-state index is 12.3. The molecule has 0 N–H and O–H groups in total. The van der Waals surface area contributed by atoms with Gasteiger partial charge in [0.2, 0.25) is 10.0 Å². The van der Waals surface area contributed by atoms with Crippen LogP contribution in [0.1, 0.15) is 32.3 Å². The molecule has 0 saturated heterocycles. The second kappa shape index (κ2) is 5.60. The Kier molecular flexibility index (Phi) is 4.45. The van der Waals surface area contributed by atoms with Crippen LogP contribution in [0.25, 0.3) is 0 Å². The van der Waals surface area contributed by atoms with Gasteiger partial charge in [0.25, 0.3) is 0 Å². The van der Waals surface area contributed by atoms with Crippen molar-refractivity contribution >= 4 is 33.2 Å². The maximum Gasteiger partial charge on any atom is 0.216 e. The van der Waals surface area contributed by atoms with Gasteiger partial charge in [-0.25, -0.2) is 8.42 Å². The van der Waals surface area contributed by atoms with Crippen molar-refractivity contribution in [2.45, 2.75) is 44.5 Å². The maximum absolute atomic E-state index is 12.3. The lowest BCUT2D eigenvalue weighted by Crippen LogP contribution is -2.37. The molecule has 0 heterocycles. The van der Waals surface area contributed by atoms with Crippen molar-refractivity contribution < 1.29 is 8.42 Å². The Hall–Kier alpha value is -0.290. The quantitative estimate of drug-likeness (QED) is 0.829. The van der Waals surface area contributed by atoms with Gasteiger partial charge >= 0.3 is 0 Å². The van der Waals surface area contributed by atoms with Crippen LogP contribution in [0.3, 0.4) is 0 Å². The van der Waals surface area contributed by atoms with Gasteiger partial charge in [-0.2, -0.15) is 4.31 Å². The van der Waals surface area contributed by atoms with Crippen molar-refractivity contribution in [3.63, 3.8) is 0 Å². The molecule has 1 saturated carbocycles. The van der Waals surface area contributed by atoms with Gasteiger partial charge in [0.05, 0.1) is 15.3 Å². The molecule has 1 aliphatic carbocycles. The van der Waals surface area contributed by atoms with Gasteiger partial charge in [-0.15, -0.1) is 0 Å². The van der Waals surface area contributed by atoms with Crippen molar-refractivity contribution in [2.75, 3.05) is 0 Å². The van der Waals surface area contributed by atoms with E-state index in [-0.39, 0.29) is 6.04 Å². The molecule has 0 atom stereocenters. The summed E-state index contributed by atoms with van der Waals surface area (Å²) < 4.78 is 26.3. The fourth-order valence-corrected chi connectivity index (χ4v) is 3.70. The van der Waals surface area contributed by atoms with E-state index in [4.69, 9.17) is 23.2 Å². The first-order chi connectivity index (χ1) is 8.82. The third-order valence-corrected chi connectivity index (χ3v) is 6.21. The average Bonchev–Trinajstić information content (AvgIpc) is 3.14. The second-order valence-corrected chi connectivity index (χ2v) is 8.37. The van der Waals surface area contributed by atoms with Gasteiger partial charge < -0.3 is 0 Å². The lowest BCUT2D eigenvalue weighted by molar-refractivity contribution is 0.394. The predicted molar refractivity (Wildman–Crippen MR) is 79.1 cm³/mol. The summed E-state index contributed by atoms with van der Waals surface area (Å²) in [7, 11) is -3.24. The average molecular weight is 322 g/mol. The molecular weight excluding hydrogens is 305 g/mol. The molecule has 0 aromatic heterocycles. The van der Waals surface area contributed by atoms with Crippen LogP contribution in [-0.2, 0) is 16.6 Å². The largest absolute Gasteiger partial charge is 0.216 e. The van der Waals surface area contributed by atoms with Crippen LogP contribution in [0.4, 0.5) is 0 Å². The minimum atomic E-state index is -3.24. The first kappa shape index (κ1) is 15.1. The number of hydrogen-bond acceptors (Lipinski definition) is 2. The van der Waals surface area contributed by atoms with E-state index in [1.165, 1.54) is 0 Å². The van der Waals surface area contributed by atoms with Crippen molar-refractivity contribution in [1.82, 2.24) is 4.31 Å². The third kappa shape index (κ3) is 3.43. The Morgan fingerprint density at radius 2 is 1.89 bits per heavy atom. The monoisotopic (exact) mass is 321 g/mol. The number of benzene rings is 1. The topological polar surface area (TPSA) is 37.4 Å². The smallest absolute Gasteiger partial charge is 0.212 e. The highest BCUT2D eigenvalue weighted by Gasteiger charge is 2.38. The number of nitrogens with zero attached hydrogens (tertiary/aromatic N) is 1. The minimum Gasteiger partial charge on any atom is -0.212 e. The Morgan fingerprint density at radius 1 is 1.26 bits per heavy atom. The molecule has 6 heteroatoms. The fourth-order valence-electron chi connectivity index (χ4n) is 1.88. The number of halogens is 2. The van der Waals surface area contributed by atoms with E-state index in [1.54, 1.807) is 30.3 Å². The second-order valence-electron chi connectivity index (χ2n) is 5.12. The molecule has 0 amide bonds. The van der Waals surface area contributed by atoms with Gasteiger partial charge in [-0.3, -0.25) is 0 Å². The molecule has 2 rings (SSSR count). The van der Waals surface area contributed by atoms with E-state index in [2.05, 4.69) is 0 Å². The number of hydrogen-bond donors (Lipinski definition) is 0. The van der Waals surface area contributed by atoms with E-state index in [0.717, 1.165) is 18.4 Å². The van der Waals surface area contributed by atoms with E-state index in [0.29, 0.717) is 16.6 Å². The number of sulfonamides is 1. The first-order valence-corrected chi connectivity index (χ1v) is 8.53. The summed E-state index contributed by atoms with van der Waals surface area (Å²) in [4.78, 5) is 0. The van der Waals surface area contributed by atoms with Crippen LogP contribution < -0.4 is 0 Å². The van der Waals surface area contributed by atoms with E-state index in [1.807, 2.05) is 6.07 Å². The predicted octanol–water partition coefficient (Wildman–Crippen LogP) is 3.70. The summed E-state index contributed by atoms with van der Waals surface area (Å²) in [6.45, 7) is 3.78. The molecule has 1 fully saturated rings. The summed E-state index contributed by atoms with van der Waals surface area (Å²) >= 11 is 11.8. The molecule has 0 unspecified atom stereocenters. The van der Waals surface area contributed by atoms with Gasteiger partial charge in [-0.05, 0) is 44.4 Å². The SMILES string of the molecule is CC(C)S(=O)(=O)N(Cc1ccc(Cl)c(Cl)c1)C1CC1. The zero-order valence-corrected chi connectivity index (χ0v) is 13.3. The molecule has 0 radical (unpaired) electrons. The molecule has 0 bridgehead atoms. The number of rotatable bonds is 5. The highest BCUT2D eigenvalue weighted by Crippen LogP contribution is 2.33. The molecule has 0 aliphatic heterocycles. The van der Waals surface area contributed by atoms with Crippen LogP contribution in [0.5, 0.6) is 0 Å². The zero-order valence-electron chi connectivity index (χ0n) is 10.9. The molecular formula is C13H17Cl2NO2S. The molecule has 106 valence electrons. The highest BCUT2D eigenvalue weighted by molar-refractivity contribution is 7.89. The van der Waals surface area contributed by atoms with Crippen LogP contribution in [0.2, 0.25) is 10.0 Å². The summed E-state index contributed by atoms with van der Waals surface area (Å²) in [6.07, 6.45) is 1.88. The van der Waals surface area contributed by atoms with Crippen LogP contribution in [0, 0.1) is 0 Å². The van der Waals surface area contributed by atoms with Gasteiger partial charge in [-0.1, -0.05) is 29.3 Å². The normalized spacial score (nSPS) is 16.3. The Bertz CT molecular complexity index is 568. The van der Waals surface area contributed by atoms with Crippen molar-refractivity contribution in [3.8, 4) is 0 Å². The van der Waals surface area contributed by atoms with E-state index >= 15 is 0 Å². The molecule has 1 aromatic carbocycles. The Labute approximate surface area is 124 Å². The first-order valence-electron chi connectivity index (χ1n) is 6.27. The van der Waals surface area contributed by atoms with Gasteiger partial charge in [0.1, 0.15) is 0 Å². The van der Waals surface area contributed by atoms with Gasteiger partial charge in [0.15, 0.2) is 0 Å². The van der Waals surface area contributed by atoms with Crippen molar-refractivity contribution in [1.29, 1.82) is 0 Å². The Morgan fingerprint density at radius 3 is 2.37 bits per heavy atom. The van der Waals surface area contributed by atoms with Crippen LogP contribution in [0.15, 0.2) is 18.2 Å². The Balaban J connectivity index is 2.24. The summed E-state index contributed by atoms with van der Waals surface area (Å²) in [6, 6.07) is 5.39. The lowest BCUT2D eigenvalue weighted by atomic mass is 10.2. The minimum absolute atomic E-state index is 0.141. The molecule has 3 nitrogen and oxygen atoms in total. The van der Waals surface area contributed by atoms with E-state index < -0.39 is 15.3 Å². The van der Waals surface area contributed by atoms with Crippen molar-refractivity contribution in [2.24, 2.45) is 0 Å². The zero-order chi connectivity index (χ0) is 14.2. The summed E-state index contributed by atoms with van der Waals surface area (Å²) in [5.74, 6) is 0. The molecule has 19 heavy (non-hydrogen) atoms. The van der Waals surface area contributed by atoms with Crippen LogP contribution >= 0.6 is 23.2 Å². The fraction of sp³-hybridized carbons (Fsp3) is 0.538. The standard InChI is InChI=1S/C13H17Cl2NO2S/c1-9(2)19(17,18)16(11-4-5-11)8-10-3-6-12(14)13(15)7-10/h3,6-7,9,11H,4-5,8H2,1-2H3. The molecule has 1 aromatic rings.